The van der Waals surface area contributed by atoms with Crippen LogP contribution in [0.3, 0.4) is 0 Å². The van der Waals surface area contributed by atoms with Crippen molar-refractivity contribution in [1.82, 2.24) is 0 Å². The number of anilines is 2. The maximum atomic E-state index is 13.2. The average Bonchev–Trinajstić information content (AvgIpc) is 2.41. The van der Waals surface area contributed by atoms with Crippen LogP contribution in [0.4, 0.5) is 15.8 Å². The average molecular weight is 309 g/mol. The molecule has 2 rings (SSSR count). The summed E-state index contributed by atoms with van der Waals surface area (Å²) in [6.07, 6.45) is 0. The van der Waals surface area contributed by atoms with Gasteiger partial charge >= 0.3 is 0 Å². The van der Waals surface area contributed by atoms with Crippen molar-refractivity contribution < 1.29 is 17.6 Å². The first-order valence-corrected chi connectivity index (χ1v) is 7.25. The summed E-state index contributed by atoms with van der Waals surface area (Å²) in [5.74, 6) is -1.42. The number of halogens is 1. The van der Waals surface area contributed by atoms with Gasteiger partial charge in [0.15, 0.2) is 0 Å². The molecule has 2 aromatic rings. The van der Waals surface area contributed by atoms with Crippen LogP contribution in [-0.2, 0) is 10.0 Å². The van der Waals surface area contributed by atoms with Gasteiger partial charge in [-0.1, -0.05) is 6.07 Å². The topological polar surface area (TPSA) is 115 Å². The van der Waals surface area contributed by atoms with E-state index in [4.69, 9.17) is 11.5 Å². The largest absolute Gasteiger partial charge is 0.398 e. The number of rotatable bonds is 4. The first-order valence-electron chi connectivity index (χ1n) is 5.77. The molecule has 2 aromatic carbocycles. The summed E-state index contributed by atoms with van der Waals surface area (Å²) in [4.78, 5) is 10.7. The van der Waals surface area contributed by atoms with E-state index in [0.29, 0.717) is 0 Å². The van der Waals surface area contributed by atoms with Gasteiger partial charge in [0.25, 0.3) is 10.0 Å². The third kappa shape index (κ3) is 3.29. The van der Waals surface area contributed by atoms with Gasteiger partial charge in [0.05, 0.1) is 5.69 Å². The van der Waals surface area contributed by atoms with Crippen molar-refractivity contribution in [2.24, 2.45) is 5.73 Å². The lowest BCUT2D eigenvalue weighted by atomic mass is 10.2. The molecule has 0 unspecified atom stereocenters. The molecule has 0 aliphatic carbocycles. The molecular formula is C13H12FN3O3S. The highest BCUT2D eigenvalue weighted by Gasteiger charge is 2.18. The maximum Gasteiger partial charge on any atom is 0.264 e. The Morgan fingerprint density at radius 2 is 1.86 bits per heavy atom. The highest BCUT2D eigenvalue weighted by atomic mass is 32.2. The standard InChI is InChI=1S/C13H12FN3O3S/c14-9-4-5-11(15)12(7-9)21(19,20)17-10-3-1-2-8(6-10)13(16)18/h1-7,17H,15H2,(H2,16,18). The Kier molecular flexibility index (Phi) is 3.81. The van der Waals surface area contributed by atoms with Crippen LogP contribution < -0.4 is 16.2 Å². The second-order valence-corrected chi connectivity index (χ2v) is 5.88. The maximum absolute atomic E-state index is 13.2. The Labute approximate surface area is 120 Å². The van der Waals surface area contributed by atoms with E-state index in [1.54, 1.807) is 0 Å². The lowest BCUT2D eigenvalue weighted by Gasteiger charge is -2.10. The van der Waals surface area contributed by atoms with Crippen LogP contribution in [-0.4, -0.2) is 14.3 Å². The minimum Gasteiger partial charge on any atom is -0.398 e. The number of hydrogen-bond donors (Lipinski definition) is 3. The smallest absolute Gasteiger partial charge is 0.264 e. The monoisotopic (exact) mass is 309 g/mol. The molecule has 0 spiro atoms. The minimum atomic E-state index is -4.08. The van der Waals surface area contributed by atoms with Crippen LogP contribution in [0.15, 0.2) is 47.4 Å². The summed E-state index contributed by atoms with van der Waals surface area (Å²) in [5, 5.41) is 0. The second kappa shape index (κ2) is 5.41. The fourth-order valence-corrected chi connectivity index (χ4v) is 2.88. The van der Waals surface area contributed by atoms with E-state index in [-0.39, 0.29) is 21.8 Å². The van der Waals surface area contributed by atoms with Crippen molar-refractivity contribution in [3.63, 3.8) is 0 Å². The molecule has 0 radical (unpaired) electrons. The molecule has 0 atom stereocenters. The number of hydrogen-bond acceptors (Lipinski definition) is 4. The van der Waals surface area contributed by atoms with Crippen LogP contribution in [0.1, 0.15) is 10.4 Å². The summed E-state index contributed by atoms with van der Waals surface area (Å²) in [6, 6.07) is 8.64. The summed E-state index contributed by atoms with van der Waals surface area (Å²) in [6.45, 7) is 0. The van der Waals surface area contributed by atoms with Crippen LogP contribution >= 0.6 is 0 Å². The summed E-state index contributed by atoms with van der Waals surface area (Å²) >= 11 is 0. The number of nitrogen functional groups attached to an aromatic ring is 1. The van der Waals surface area contributed by atoms with Crippen molar-refractivity contribution in [2.45, 2.75) is 4.90 Å². The van der Waals surface area contributed by atoms with E-state index in [0.717, 1.165) is 18.2 Å². The number of amides is 1. The fraction of sp³-hybridized carbons (Fsp3) is 0. The third-order valence-electron chi connectivity index (χ3n) is 2.66. The van der Waals surface area contributed by atoms with Crippen LogP contribution in [0.5, 0.6) is 0 Å². The number of sulfonamides is 1. The molecule has 0 saturated heterocycles. The van der Waals surface area contributed by atoms with E-state index in [2.05, 4.69) is 4.72 Å². The molecule has 6 nitrogen and oxygen atoms in total. The molecule has 21 heavy (non-hydrogen) atoms. The Morgan fingerprint density at radius 1 is 1.14 bits per heavy atom. The molecule has 0 aliphatic rings. The first kappa shape index (κ1) is 14.8. The van der Waals surface area contributed by atoms with Gasteiger partial charge in [0.2, 0.25) is 5.91 Å². The Balaban J connectivity index is 2.40. The number of nitrogens with one attached hydrogen (secondary N) is 1. The van der Waals surface area contributed by atoms with Gasteiger partial charge in [-0.2, -0.15) is 0 Å². The third-order valence-corrected chi connectivity index (χ3v) is 4.10. The molecule has 0 heterocycles. The van der Waals surface area contributed by atoms with Crippen LogP contribution in [0.2, 0.25) is 0 Å². The van der Waals surface area contributed by atoms with Crippen LogP contribution in [0, 0.1) is 5.82 Å². The van der Waals surface area contributed by atoms with Crippen molar-refractivity contribution >= 4 is 27.3 Å². The SMILES string of the molecule is NC(=O)c1cccc(NS(=O)(=O)c2cc(F)ccc2N)c1. The zero-order chi connectivity index (χ0) is 15.6. The molecular weight excluding hydrogens is 297 g/mol. The molecule has 110 valence electrons. The molecule has 1 amide bonds. The molecule has 0 aromatic heterocycles. The van der Waals surface area contributed by atoms with Gasteiger partial charge in [-0.25, -0.2) is 12.8 Å². The van der Waals surface area contributed by atoms with E-state index in [9.17, 15) is 17.6 Å². The van der Waals surface area contributed by atoms with Crippen molar-refractivity contribution in [1.29, 1.82) is 0 Å². The van der Waals surface area contributed by atoms with Crippen LogP contribution in [0.25, 0.3) is 0 Å². The predicted molar refractivity (Wildman–Crippen MR) is 76.6 cm³/mol. The number of carbonyl (C=O) groups is 1. The van der Waals surface area contributed by atoms with Gasteiger partial charge in [0.1, 0.15) is 10.7 Å². The number of nitrogens with two attached hydrogens (primary N) is 2. The van der Waals surface area contributed by atoms with E-state index >= 15 is 0 Å². The van der Waals surface area contributed by atoms with Crippen molar-refractivity contribution in [3.8, 4) is 0 Å². The zero-order valence-electron chi connectivity index (χ0n) is 10.7. The Hall–Kier alpha value is -2.61. The van der Waals surface area contributed by atoms with Gasteiger partial charge < -0.3 is 11.5 Å². The lowest BCUT2D eigenvalue weighted by Crippen LogP contribution is -2.16. The van der Waals surface area contributed by atoms with Crippen molar-refractivity contribution in [3.05, 3.63) is 53.8 Å². The lowest BCUT2D eigenvalue weighted by molar-refractivity contribution is 0.100. The second-order valence-electron chi connectivity index (χ2n) is 4.23. The Bertz CT molecular complexity index is 806. The zero-order valence-corrected chi connectivity index (χ0v) is 11.5. The van der Waals surface area contributed by atoms with E-state index in [1.807, 2.05) is 0 Å². The molecule has 8 heteroatoms. The highest BCUT2D eigenvalue weighted by Crippen LogP contribution is 2.22. The summed E-state index contributed by atoms with van der Waals surface area (Å²) < 4.78 is 39.8. The van der Waals surface area contributed by atoms with Gasteiger partial charge in [-0.15, -0.1) is 0 Å². The van der Waals surface area contributed by atoms with Gasteiger partial charge in [-0.05, 0) is 36.4 Å². The summed E-state index contributed by atoms with van der Waals surface area (Å²) in [5.41, 5.74) is 10.8. The quantitative estimate of drug-likeness (QED) is 0.738. The van der Waals surface area contributed by atoms with E-state index < -0.39 is 21.7 Å². The molecule has 0 bridgehead atoms. The Morgan fingerprint density at radius 3 is 2.52 bits per heavy atom. The van der Waals surface area contributed by atoms with Crippen molar-refractivity contribution in [2.75, 3.05) is 10.5 Å². The van der Waals surface area contributed by atoms with Gasteiger partial charge in [-0.3, -0.25) is 9.52 Å². The van der Waals surface area contributed by atoms with Gasteiger partial charge in [0, 0.05) is 11.3 Å². The molecule has 0 saturated carbocycles. The normalized spacial score (nSPS) is 11.1. The highest BCUT2D eigenvalue weighted by molar-refractivity contribution is 7.92. The molecule has 0 aliphatic heterocycles. The number of benzene rings is 2. The first-order chi connectivity index (χ1) is 9.79. The number of primary amides is 1. The number of carbonyl (C=O) groups excluding carboxylic acids is 1. The predicted octanol–water partition coefficient (Wildman–Crippen LogP) is 1.31. The van der Waals surface area contributed by atoms with E-state index in [1.165, 1.54) is 24.3 Å². The minimum absolute atomic E-state index is 0.0880. The fourth-order valence-electron chi connectivity index (χ4n) is 1.69. The molecule has 5 N–H and O–H groups in total. The molecule has 0 fully saturated rings. The summed E-state index contributed by atoms with van der Waals surface area (Å²) in [7, 11) is -4.08.